The number of fused-ring (bicyclic) bond motifs is 7. The van der Waals surface area contributed by atoms with Crippen molar-refractivity contribution in [2.45, 2.75) is 19.3 Å². The third-order valence-electron chi connectivity index (χ3n) is 9.83. The predicted octanol–water partition coefficient (Wildman–Crippen LogP) is 10.8. The van der Waals surface area contributed by atoms with Gasteiger partial charge in [-0.25, -0.2) is 9.97 Å². The van der Waals surface area contributed by atoms with E-state index in [1.165, 1.54) is 38.5 Å². The summed E-state index contributed by atoms with van der Waals surface area (Å²) in [6, 6.07) is 52.8. The highest BCUT2D eigenvalue weighted by Gasteiger charge is 2.37. The van der Waals surface area contributed by atoms with Crippen LogP contribution < -0.4 is 0 Å². The van der Waals surface area contributed by atoms with Crippen molar-refractivity contribution in [3.8, 4) is 56.8 Å². The number of hydrogen-bond donors (Lipinski definition) is 0. The van der Waals surface area contributed by atoms with E-state index in [1.807, 2.05) is 48.5 Å². The Labute approximate surface area is 279 Å². The average molecular weight is 615 g/mol. The second kappa shape index (κ2) is 10.6. The lowest BCUT2D eigenvalue weighted by Gasteiger charge is -2.21. The number of aromatic nitrogens is 3. The van der Waals surface area contributed by atoms with Gasteiger partial charge in [-0.1, -0.05) is 123 Å². The van der Waals surface area contributed by atoms with Crippen LogP contribution in [0.3, 0.4) is 0 Å². The van der Waals surface area contributed by atoms with Gasteiger partial charge in [-0.15, -0.1) is 0 Å². The molecule has 0 atom stereocenters. The zero-order valence-corrected chi connectivity index (χ0v) is 26.6. The second-order valence-electron chi connectivity index (χ2n) is 13.0. The maximum absolute atomic E-state index is 9.60. The zero-order chi connectivity index (χ0) is 32.4. The molecule has 0 amide bonds. The van der Waals surface area contributed by atoms with Crippen molar-refractivity contribution in [2.24, 2.45) is 0 Å². The Morgan fingerprint density at radius 2 is 1.29 bits per heavy atom. The normalized spacial score (nSPS) is 12.9. The SMILES string of the molecule is CC1(C)c2ccccc2-c2c1ccc1c3ccccc3n(-c3cccc(-c4nc(-c5ccccc5)cc(-c5cccc(C#N)c5)n4)c3)c21. The minimum atomic E-state index is -0.103. The molecule has 0 spiro atoms. The summed E-state index contributed by atoms with van der Waals surface area (Å²) in [7, 11) is 0. The van der Waals surface area contributed by atoms with Crippen molar-refractivity contribution in [3.05, 3.63) is 162 Å². The standard InChI is InChI=1S/C44H30N4/c1-44(2)36-20-8-6-19-35(36)41-37(44)23-22-34-33-18-7-9-21-40(33)48(42(34)41)32-17-11-16-31(25-32)43-46-38(29-13-4-3-5-14-29)26-39(47-43)30-15-10-12-28(24-30)27-45/h3-26H,1-2H3. The topological polar surface area (TPSA) is 54.5 Å². The first-order valence-corrected chi connectivity index (χ1v) is 16.2. The van der Waals surface area contributed by atoms with Crippen LogP contribution in [0.2, 0.25) is 0 Å². The summed E-state index contributed by atoms with van der Waals surface area (Å²) in [6.07, 6.45) is 0. The number of benzene rings is 6. The highest BCUT2D eigenvalue weighted by Crippen LogP contribution is 2.52. The smallest absolute Gasteiger partial charge is 0.160 e. The molecule has 8 aromatic rings. The van der Waals surface area contributed by atoms with Crippen molar-refractivity contribution in [3.63, 3.8) is 0 Å². The second-order valence-corrected chi connectivity index (χ2v) is 13.0. The molecule has 4 nitrogen and oxygen atoms in total. The average Bonchev–Trinajstić information content (AvgIpc) is 3.60. The van der Waals surface area contributed by atoms with Gasteiger partial charge in [0.1, 0.15) is 0 Å². The highest BCUT2D eigenvalue weighted by atomic mass is 15.0. The molecule has 0 fully saturated rings. The Balaban J connectivity index is 1.30. The summed E-state index contributed by atoms with van der Waals surface area (Å²) < 4.78 is 2.42. The molecule has 0 bridgehead atoms. The molecular weight excluding hydrogens is 585 g/mol. The molecule has 226 valence electrons. The van der Waals surface area contributed by atoms with Crippen LogP contribution >= 0.6 is 0 Å². The van der Waals surface area contributed by atoms with Gasteiger partial charge in [0.25, 0.3) is 0 Å². The number of nitriles is 1. The quantitative estimate of drug-likeness (QED) is 0.198. The van der Waals surface area contributed by atoms with Gasteiger partial charge in [-0.2, -0.15) is 5.26 Å². The lowest BCUT2D eigenvalue weighted by molar-refractivity contribution is 0.661. The van der Waals surface area contributed by atoms with Crippen LogP contribution in [0.15, 0.2) is 146 Å². The third-order valence-corrected chi connectivity index (χ3v) is 9.83. The fraction of sp³-hybridized carbons (Fsp3) is 0.0682. The summed E-state index contributed by atoms with van der Waals surface area (Å²) in [5, 5.41) is 12.1. The monoisotopic (exact) mass is 614 g/mol. The summed E-state index contributed by atoms with van der Waals surface area (Å²) >= 11 is 0. The fourth-order valence-electron chi connectivity index (χ4n) is 7.52. The molecule has 6 aromatic carbocycles. The number of hydrogen-bond acceptors (Lipinski definition) is 3. The van der Waals surface area contributed by atoms with Crippen molar-refractivity contribution >= 4 is 21.8 Å². The molecule has 4 heteroatoms. The summed E-state index contributed by atoms with van der Waals surface area (Å²) in [6.45, 7) is 4.66. The van der Waals surface area contributed by atoms with Gasteiger partial charge in [0.05, 0.1) is 34.1 Å². The number of para-hydroxylation sites is 1. The predicted molar refractivity (Wildman–Crippen MR) is 195 cm³/mol. The highest BCUT2D eigenvalue weighted by molar-refractivity contribution is 6.15. The number of rotatable bonds is 4. The van der Waals surface area contributed by atoms with E-state index < -0.39 is 0 Å². The van der Waals surface area contributed by atoms with Crippen molar-refractivity contribution in [1.82, 2.24) is 14.5 Å². The van der Waals surface area contributed by atoms with Crippen LogP contribution in [0.25, 0.3) is 72.5 Å². The van der Waals surface area contributed by atoms with Crippen LogP contribution in [0, 0.1) is 11.3 Å². The Bertz CT molecular complexity index is 2600. The Kier molecular flexibility index (Phi) is 6.19. The zero-order valence-electron chi connectivity index (χ0n) is 26.6. The molecule has 0 N–H and O–H groups in total. The van der Waals surface area contributed by atoms with Crippen LogP contribution in [0.5, 0.6) is 0 Å². The molecule has 48 heavy (non-hydrogen) atoms. The molecule has 0 unspecified atom stereocenters. The Morgan fingerprint density at radius 3 is 2.15 bits per heavy atom. The lowest BCUT2D eigenvalue weighted by Crippen LogP contribution is -2.14. The molecule has 0 radical (unpaired) electrons. The Morgan fingerprint density at radius 1 is 0.583 bits per heavy atom. The van der Waals surface area contributed by atoms with E-state index in [0.717, 1.165) is 39.3 Å². The maximum Gasteiger partial charge on any atom is 0.160 e. The summed E-state index contributed by atoms with van der Waals surface area (Å²) in [5.41, 5.74) is 13.6. The molecule has 2 aromatic heterocycles. The third kappa shape index (κ3) is 4.22. The Hall–Kier alpha value is -6.31. The van der Waals surface area contributed by atoms with E-state index >= 15 is 0 Å². The minimum absolute atomic E-state index is 0.103. The van der Waals surface area contributed by atoms with E-state index in [9.17, 15) is 5.26 Å². The first kappa shape index (κ1) is 28.0. The van der Waals surface area contributed by atoms with Gasteiger partial charge >= 0.3 is 0 Å². The molecule has 0 aliphatic heterocycles. The summed E-state index contributed by atoms with van der Waals surface area (Å²) in [4.78, 5) is 10.2. The van der Waals surface area contributed by atoms with Gasteiger partial charge in [-0.3, -0.25) is 0 Å². The largest absolute Gasteiger partial charge is 0.309 e. The van der Waals surface area contributed by atoms with E-state index in [2.05, 4.69) is 122 Å². The van der Waals surface area contributed by atoms with E-state index in [-0.39, 0.29) is 5.41 Å². The van der Waals surface area contributed by atoms with E-state index in [0.29, 0.717) is 11.4 Å². The molecule has 0 saturated heterocycles. The van der Waals surface area contributed by atoms with Gasteiger partial charge in [0.2, 0.25) is 0 Å². The van der Waals surface area contributed by atoms with Crippen molar-refractivity contribution in [1.29, 1.82) is 5.26 Å². The molecule has 2 heterocycles. The van der Waals surface area contributed by atoms with Crippen molar-refractivity contribution in [2.75, 3.05) is 0 Å². The van der Waals surface area contributed by atoms with Crippen LogP contribution in [-0.4, -0.2) is 14.5 Å². The molecule has 1 aliphatic rings. The molecule has 0 saturated carbocycles. The minimum Gasteiger partial charge on any atom is -0.309 e. The molecular formula is C44H30N4. The van der Waals surface area contributed by atoms with Crippen LogP contribution in [-0.2, 0) is 5.41 Å². The first-order valence-electron chi connectivity index (χ1n) is 16.2. The van der Waals surface area contributed by atoms with E-state index in [1.54, 1.807) is 0 Å². The lowest BCUT2D eigenvalue weighted by atomic mass is 9.82. The molecule has 9 rings (SSSR count). The van der Waals surface area contributed by atoms with Gasteiger partial charge < -0.3 is 4.57 Å². The fourth-order valence-corrected chi connectivity index (χ4v) is 7.52. The molecule has 1 aliphatic carbocycles. The van der Waals surface area contributed by atoms with Crippen molar-refractivity contribution < 1.29 is 0 Å². The van der Waals surface area contributed by atoms with E-state index in [4.69, 9.17) is 9.97 Å². The van der Waals surface area contributed by atoms with Gasteiger partial charge in [0, 0.05) is 44.1 Å². The first-order chi connectivity index (χ1) is 23.5. The van der Waals surface area contributed by atoms with Crippen LogP contribution in [0.4, 0.5) is 0 Å². The number of nitrogens with zero attached hydrogens (tertiary/aromatic N) is 4. The van der Waals surface area contributed by atoms with Gasteiger partial charge in [-0.05, 0) is 53.1 Å². The van der Waals surface area contributed by atoms with Crippen LogP contribution in [0.1, 0.15) is 30.5 Å². The summed E-state index contributed by atoms with van der Waals surface area (Å²) in [5.74, 6) is 0.632. The van der Waals surface area contributed by atoms with Gasteiger partial charge in [0.15, 0.2) is 5.82 Å². The maximum atomic E-state index is 9.60.